The molecule has 3 N–H and O–H groups in total. The Balaban J connectivity index is 0.00000210. The first kappa shape index (κ1) is 24.9. The molecule has 2 aromatic rings. The number of carbonyl (C=O) groups excluding carboxylic acids is 1. The standard InChI is InChI=1S/C17H20N4O5S.2ClH/c1-25-15-4-12(17(22)20-13(6-18)10-2-3-10)14(21(23)24)5-16(15)26-7-11-8-27-9-19-11;;/h4-5,8-10,13H,2-3,6-7,18H2,1H3,(H,20,22);2*1H. The molecule has 0 saturated heterocycles. The summed E-state index contributed by atoms with van der Waals surface area (Å²) in [7, 11) is 1.41. The van der Waals surface area contributed by atoms with Crippen LogP contribution in [0.25, 0.3) is 0 Å². The molecule has 160 valence electrons. The molecule has 0 bridgehead atoms. The van der Waals surface area contributed by atoms with Crippen LogP contribution in [-0.2, 0) is 6.61 Å². The second kappa shape index (κ2) is 11.1. The van der Waals surface area contributed by atoms with Crippen LogP contribution in [0.15, 0.2) is 23.0 Å². The van der Waals surface area contributed by atoms with Crippen molar-refractivity contribution in [3.8, 4) is 11.5 Å². The number of nitrogens with two attached hydrogens (primary N) is 1. The molecule has 9 nitrogen and oxygen atoms in total. The fourth-order valence-electron chi connectivity index (χ4n) is 2.73. The zero-order valence-corrected chi connectivity index (χ0v) is 18.0. The number of carbonyl (C=O) groups is 1. The van der Waals surface area contributed by atoms with Gasteiger partial charge in [0.2, 0.25) is 0 Å². The van der Waals surface area contributed by atoms with Crippen LogP contribution in [0.2, 0.25) is 0 Å². The predicted octanol–water partition coefficient (Wildman–Crippen LogP) is 2.95. The first-order valence-corrected chi connectivity index (χ1v) is 9.35. The maximum absolute atomic E-state index is 12.6. The molecule has 1 unspecified atom stereocenters. The van der Waals surface area contributed by atoms with E-state index in [1.54, 1.807) is 5.51 Å². The third kappa shape index (κ3) is 6.17. The van der Waals surface area contributed by atoms with Crippen LogP contribution in [0, 0.1) is 16.0 Å². The molecule has 1 atom stereocenters. The summed E-state index contributed by atoms with van der Waals surface area (Å²) in [6.07, 6.45) is 1.99. The van der Waals surface area contributed by atoms with Gasteiger partial charge in [0.25, 0.3) is 11.6 Å². The molecular formula is C17H22Cl2N4O5S. The van der Waals surface area contributed by atoms with Crippen molar-refractivity contribution in [2.24, 2.45) is 11.7 Å². The van der Waals surface area contributed by atoms with Crippen LogP contribution in [0.1, 0.15) is 28.9 Å². The zero-order valence-electron chi connectivity index (χ0n) is 15.5. The molecule has 1 amide bonds. The summed E-state index contributed by atoms with van der Waals surface area (Å²) in [5, 5.41) is 16.1. The van der Waals surface area contributed by atoms with Gasteiger partial charge >= 0.3 is 0 Å². The maximum Gasteiger partial charge on any atom is 0.286 e. The van der Waals surface area contributed by atoms with Crippen molar-refractivity contribution in [2.75, 3.05) is 13.7 Å². The van der Waals surface area contributed by atoms with Crippen molar-refractivity contribution in [3.63, 3.8) is 0 Å². The van der Waals surface area contributed by atoms with Gasteiger partial charge in [0.05, 0.1) is 29.3 Å². The van der Waals surface area contributed by atoms with Crippen molar-refractivity contribution in [1.29, 1.82) is 0 Å². The number of thiazole rings is 1. The van der Waals surface area contributed by atoms with Gasteiger partial charge < -0.3 is 20.5 Å². The minimum atomic E-state index is -0.612. The molecule has 0 radical (unpaired) electrons. The SMILES string of the molecule is COc1cc(C(=O)NC(CN)C2CC2)c([N+](=O)[O-])cc1OCc1cscn1.Cl.Cl. The van der Waals surface area contributed by atoms with E-state index in [9.17, 15) is 14.9 Å². The monoisotopic (exact) mass is 464 g/mol. The van der Waals surface area contributed by atoms with Crippen LogP contribution in [0.3, 0.4) is 0 Å². The smallest absolute Gasteiger partial charge is 0.286 e. The van der Waals surface area contributed by atoms with Gasteiger partial charge in [0.15, 0.2) is 11.5 Å². The number of halogens is 2. The van der Waals surface area contributed by atoms with Crippen LogP contribution in [0.4, 0.5) is 5.69 Å². The summed E-state index contributed by atoms with van der Waals surface area (Å²) in [6, 6.07) is 2.34. The average Bonchev–Trinajstić information content (AvgIpc) is 3.38. The van der Waals surface area contributed by atoms with Gasteiger partial charge in [0, 0.05) is 24.0 Å². The summed E-state index contributed by atoms with van der Waals surface area (Å²) >= 11 is 1.42. The highest BCUT2D eigenvalue weighted by Gasteiger charge is 2.33. The van der Waals surface area contributed by atoms with Gasteiger partial charge in [0.1, 0.15) is 12.2 Å². The summed E-state index contributed by atoms with van der Waals surface area (Å²) in [6.45, 7) is 0.426. The maximum atomic E-state index is 12.6. The number of rotatable bonds is 9. The highest BCUT2D eigenvalue weighted by atomic mass is 35.5. The minimum Gasteiger partial charge on any atom is -0.493 e. The number of aromatic nitrogens is 1. The van der Waals surface area contributed by atoms with E-state index in [0.717, 1.165) is 12.8 Å². The van der Waals surface area contributed by atoms with Crippen molar-refractivity contribution in [3.05, 3.63) is 44.4 Å². The van der Waals surface area contributed by atoms with Gasteiger partial charge in [-0.05, 0) is 18.8 Å². The first-order chi connectivity index (χ1) is 13.0. The van der Waals surface area contributed by atoms with Crippen LogP contribution >= 0.6 is 36.2 Å². The molecule has 1 aromatic heterocycles. The molecule has 1 aliphatic rings. The summed E-state index contributed by atoms with van der Waals surface area (Å²) < 4.78 is 10.9. The molecule has 0 aliphatic heterocycles. The lowest BCUT2D eigenvalue weighted by molar-refractivity contribution is -0.385. The van der Waals surface area contributed by atoms with Gasteiger partial charge in [-0.3, -0.25) is 14.9 Å². The Morgan fingerprint density at radius 3 is 2.66 bits per heavy atom. The third-order valence-electron chi connectivity index (χ3n) is 4.34. The van der Waals surface area contributed by atoms with Gasteiger partial charge in [-0.2, -0.15) is 0 Å². The van der Waals surface area contributed by atoms with Gasteiger partial charge in [-0.15, -0.1) is 36.2 Å². The molecule has 0 spiro atoms. The number of nitro groups is 1. The lowest BCUT2D eigenvalue weighted by Crippen LogP contribution is -2.41. The van der Waals surface area contributed by atoms with Crippen molar-refractivity contribution < 1.29 is 19.2 Å². The summed E-state index contributed by atoms with van der Waals surface area (Å²) in [4.78, 5) is 27.6. The molecule has 29 heavy (non-hydrogen) atoms. The first-order valence-electron chi connectivity index (χ1n) is 8.40. The largest absolute Gasteiger partial charge is 0.493 e. The highest BCUT2D eigenvalue weighted by Crippen LogP contribution is 2.36. The van der Waals surface area contributed by atoms with E-state index >= 15 is 0 Å². The van der Waals surface area contributed by atoms with Crippen molar-refractivity contribution in [1.82, 2.24) is 10.3 Å². The number of nitrogens with zero attached hydrogens (tertiary/aromatic N) is 2. The normalized spacial score (nSPS) is 13.4. The van der Waals surface area contributed by atoms with E-state index in [-0.39, 0.29) is 66.8 Å². The molecule has 12 heteroatoms. The van der Waals surface area contributed by atoms with Crippen LogP contribution in [0.5, 0.6) is 11.5 Å². The number of ether oxygens (including phenoxy) is 2. The third-order valence-corrected chi connectivity index (χ3v) is 4.98. The van der Waals surface area contributed by atoms with E-state index in [4.69, 9.17) is 15.2 Å². The Morgan fingerprint density at radius 1 is 1.41 bits per heavy atom. The van der Waals surface area contributed by atoms with E-state index < -0.39 is 10.8 Å². The Morgan fingerprint density at radius 2 is 2.14 bits per heavy atom. The topological polar surface area (TPSA) is 130 Å². The number of hydrogen-bond acceptors (Lipinski definition) is 8. The average molecular weight is 465 g/mol. The fourth-order valence-corrected chi connectivity index (χ4v) is 3.27. The lowest BCUT2D eigenvalue weighted by atomic mass is 10.1. The molecule has 1 fully saturated rings. The minimum absolute atomic E-state index is 0. The molecule has 3 rings (SSSR count). The summed E-state index contributed by atoms with van der Waals surface area (Å²) in [5.41, 5.74) is 7.63. The Hall–Kier alpha value is -2.14. The fraction of sp³-hybridized carbons (Fsp3) is 0.412. The zero-order chi connectivity index (χ0) is 19.4. The number of methoxy groups -OCH3 is 1. The van der Waals surface area contributed by atoms with E-state index in [1.165, 1.54) is 30.6 Å². The Kier molecular flexibility index (Phi) is 9.57. The number of benzene rings is 1. The van der Waals surface area contributed by atoms with E-state index in [2.05, 4.69) is 10.3 Å². The van der Waals surface area contributed by atoms with Crippen molar-refractivity contribution in [2.45, 2.75) is 25.5 Å². The number of nitro benzene ring substituents is 1. The molecule has 1 saturated carbocycles. The molecule has 1 aliphatic carbocycles. The summed E-state index contributed by atoms with van der Waals surface area (Å²) in [5.74, 6) is 0.192. The highest BCUT2D eigenvalue weighted by molar-refractivity contribution is 7.07. The van der Waals surface area contributed by atoms with Crippen LogP contribution in [-0.4, -0.2) is 35.5 Å². The quantitative estimate of drug-likeness (QED) is 0.430. The van der Waals surface area contributed by atoms with E-state index in [0.29, 0.717) is 11.6 Å². The Labute approximate surface area is 183 Å². The second-order valence-electron chi connectivity index (χ2n) is 6.20. The number of hydrogen-bond donors (Lipinski definition) is 2. The Bertz CT molecular complexity index is 833. The predicted molar refractivity (Wildman–Crippen MR) is 114 cm³/mol. The van der Waals surface area contributed by atoms with Gasteiger partial charge in [-0.25, -0.2) is 4.98 Å². The van der Waals surface area contributed by atoms with Crippen LogP contribution < -0.4 is 20.5 Å². The van der Waals surface area contributed by atoms with E-state index in [1.807, 2.05) is 5.38 Å². The van der Waals surface area contributed by atoms with Crippen molar-refractivity contribution >= 4 is 47.7 Å². The lowest BCUT2D eigenvalue weighted by Gasteiger charge is -2.17. The molecule has 1 heterocycles. The number of amides is 1. The molecule has 1 aromatic carbocycles. The molecular weight excluding hydrogens is 443 g/mol. The number of nitrogens with one attached hydrogen (secondary N) is 1. The van der Waals surface area contributed by atoms with Gasteiger partial charge in [-0.1, -0.05) is 0 Å². The second-order valence-corrected chi connectivity index (χ2v) is 6.92.